The fourth-order valence-electron chi connectivity index (χ4n) is 2.67. The van der Waals surface area contributed by atoms with Crippen LogP contribution in [0.5, 0.6) is 0 Å². The van der Waals surface area contributed by atoms with Crippen LogP contribution < -0.4 is 11.1 Å². The molecule has 4 heteroatoms. The minimum Gasteiger partial charge on any atom is -0.395 e. The van der Waals surface area contributed by atoms with E-state index < -0.39 is 0 Å². The number of nitrogens with two attached hydrogens (primary N) is 1. The zero-order valence-electron chi connectivity index (χ0n) is 17.6. The molecule has 0 rings (SSSR count). The Kier molecular flexibility index (Phi) is 31.4. The molecule has 0 aromatic rings. The lowest BCUT2D eigenvalue weighted by molar-refractivity contribution is 0.266. The molecule has 0 radical (unpaired) electrons. The van der Waals surface area contributed by atoms with Crippen LogP contribution >= 0.6 is 0 Å². The molecule has 0 bridgehead atoms. The van der Waals surface area contributed by atoms with Gasteiger partial charge >= 0.3 is 0 Å². The van der Waals surface area contributed by atoms with Crippen LogP contribution in [0.15, 0.2) is 12.2 Å². The summed E-state index contributed by atoms with van der Waals surface area (Å²) in [7, 11) is 0. The summed E-state index contributed by atoms with van der Waals surface area (Å²) in [4.78, 5) is 0. The molecule has 5 N–H and O–H groups in total. The first kappa shape index (κ1) is 27.8. The standard InChI is InChI=1S/C18H37N.C4H11NO2/c1-2-3-4-5-6-7-8-9-10-11-12-13-14-15-16-17-18-19;6-3-1-5-2-4-7/h9-10H,2-8,11-19H2,1H3;5-7H,1-4H2/b10-9-;. The zero-order valence-corrected chi connectivity index (χ0v) is 17.6. The van der Waals surface area contributed by atoms with Crippen LogP contribution in [0, 0.1) is 0 Å². The Bertz CT molecular complexity index is 244. The minimum atomic E-state index is 0.139. The lowest BCUT2D eigenvalue weighted by Crippen LogP contribution is -2.21. The second kappa shape index (κ2) is 29.3. The zero-order chi connectivity index (χ0) is 19.6. The van der Waals surface area contributed by atoms with E-state index in [1.165, 1.54) is 89.9 Å². The lowest BCUT2D eigenvalue weighted by atomic mass is 10.1. The summed E-state index contributed by atoms with van der Waals surface area (Å²) in [5, 5.41) is 19.1. The summed E-state index contributed by atoms with van der Waals surface area (Å²) >= 11 is 0. The van der Waals surface area contributed by atoms with E-state index in [9.17, 15) is 0 Å². The first-order valence-electron chi connectivity index (χ1n) is 11.1. The quantitative estimate of drug-likeness (QED) is 0.198. The van der Waals surface area contributed by atoms with Gasteiger partial charge in [-0.25, -0.2) is 0 Å². The maximum Gasteiger partial charge on any atom is 0.0555 e. The molecule has 0 aliphatic heterocycles. The number of unbranched alkanes of at least 4 members (excludes halogenated alkanes) is 12. The monoisotopic (exact) mass is 372 g/mol. The average Bonchev–Trinajstić information content (AvgIpc) is 2.66. The first-order valence-corrected chi connectivity index (χ1v) is 11.1. The Labute approximate surface area is 163 Å². The summed E-state index contributed by atoms with van der Waals surface area (Å²) in [5.74, 6) is 0. The van der Waals surface area contributed by atoms with Gasteiger partial charge in [-0.2, -0.15) is 0 Å². The second-order valence-electron chi connectivity index (χ2n) is 6.92. The van der Waals surface area contributed by atoms with Crippen molar-refractivity contribution in [2.24, 2.45) is 5.73 Å². The van der Waals surface area contributed by atoms with Crippen LogP contribution in [0.1, 0.15) is 96.8 Å². The average molecular weight is 373 g/mol. The Morgan fingerprint density at radius 1 is 0.654 bits per heavy atom. The highest BCUT2D eigenvalue weighted by molar-refractivity contribution is 4.81. The second-order valence-corrected chi connectivity index (χ2v) is 6.92. The Morgan fingerprint density at radius 3 is 1.50 bits per heavy atom. The van der Waals surface area contributed by atoms with Gasteiger partial charge in [0, 0.05) is 13.1 Å². The van der Waals surface area contributed by atoms with Gasteiger partial charge in [0.25, 0.3) is 0 Å². The molecule has 0 aromatic carbocycles. The number of nitrogens with one attached hydrogen (secondary N) is 1. The predicted octanol–water partition coefficient (Wildman–Crippen LogP) is 4.54. The highest BCUT2D eigenvalue weighted by Crippen LogP contribution is 2.09. The molecule has 0 aliphatic rings. The van der Waals surface area contributed by atoms with Crippen molar-refractivity contribution >= 4 is 0 Å². The van der Waals surface area contributed by atoms with Gasteiger partial charge in [-0.05, 0) is 38.6 Å². The third-order valence-corrected chi connectivity index (χ3v) is 4.29. The number of allylic oxidation sites excluding steroid dienone is 2. The van der Waals surface area contributed by atoms with E-state index in [0.29, 0.717) is 13.1 Å². The molecule has 0 atom stereocenters. The topological polar surface area (TPSA) is 78.5 Å². The largest absolute Gasteiger partial charge is 0.395 e. The van der Waals surface area contributed by atoms with Crippen LogP contribution in [0.3, 0.4) is 0 Å². The van der Waals surface area contributed by atoms with Crippen molar-refractivity contribution in [2.45, 2.75) is 96.8 Å². The van der Waals surface area contributed by atoms with E-state index in [0.717, 1.165) is 6.54 Å². The molecule has 0 spiro atoms. The molecule has 4 nitrogen and oxygen atoms in total. The van der Waals surface area contributed by atoms with E-state index in [-0.39, 0.29) is 13.2 Å². The Balaban J connectivity index is 0. The SMILES string of the molecule is CCCCCCCC/C=C\CCCCCCCCN.OCCNCCO. The molecule has 0 heterocycles. The van der Waals surface area contributed by atoms with Gasteiger partial charge in [0.1, 0.15) is 0 Å². The van der Waals surface area contributed by atoms with Gasteiger partial charge in [0.2, 0.25) is 0 Å². The number of hydrogen-bond donors (Lipinski definition) is 4. The molecule has 26 heavy (non-hydrogen) atoms. The lowest BCUT2D eigenvalue weighted by Gasteiger charge is -1.99. The first-order chi connectivity index (χ1) is 12.8. The summed E-state index contributed by atoms with van der Waals surface area (Å²) in [5.41, 5.74) is 5.47. The van der Waals surface area contributed by atoms with Crippen LogP contribution in [-0.2, 0) is 0 Å². The van der Waals surface area contributed by atoms with Crippen LogP contribution in [0.4, 0.5) is 0 Å². The van der Waals surface area contributed by atoms with Crippen molar-refractivity contribution in [3.8, 4) is 0 Å². The molecule has 0 saturated heterocycles. The van der Waals surface area contributed by atoms with Crippen molar-refractivity contribution in [1.82, 2.24) is 5.32 Å². The normalized spacial score (nSPS) is 10.9. The highest BCUT2D eigenvalue weighted by atomic mass is 16.3. The molecule has 158 valence electrons. The van der Waals surface area contributed by atoms with Gasteiger partial charge < -0.3 is 21.3 Å². The summed E-state index contributed by atoms with van der Waals surface area (Å²) < 4.78 is 0. The van der Waals surface area contributed by atoms with Gasteiger partial charge in [-0.3, -0.25) is 0 Å². The van der Waals surface area contributed by atoms with Crippen molar-refractivity contribution in [2.75, 3.05) is 32.8 Å². The van der Waals surface area contributed by atoms with Crippen LogP contribution in [0.25, 0.3) is 0 Å². The van der Waals surface area contributed by atoms with Crippen LogP contribution in [-0.4, -0.2) is 43.1 Å². The van der Waals surface area contributed by atoms with Crippen LogP contribution in [0.2, 0.25) is 0 Å². The molecule has 0 saturated carbocycles. The highest BCUT2D eigenvalue weighted by Gasteiger charge is 1.90. The van der Waals surface area contributed by atoms with Gasteiger partial charge in [-0.1, -0.05) is 76.9 Å². The third-order valence-electron chi connectivity index (χ3n) is 4.29. The summed E-state index contributed by atoms with van der Waals surface area (Å²) in [6.45, 7) is 4.56. The third kappa shape index (κ3) is 31.4. The maximum absolute atomic E-state index is 8.15. The van der Waals surface area contributed by atoms with E-state index in [1.54, 1.807) is 0 Å². The van der Waals surface area contributed by atoms with Gasteiger partial charge in [0.05, 0.1) is 13.2 Å². The molecule has 0 fully saturated rings. The number of hydrogen-bond acceptors (Lipinski definition) is 4. The van der Waals surface area contributed by atoms with Crippen molar-refractivity contribution in [1.29, 1.82) is 0 Å². The van der Waals surface area contributed by atoms with Crippen molar-refractivity contribution in [3.63, 3.8) is 0 Å². The molecule has 0 unspecified atom stereocenters. The molecular formula is C22H48N2O2. The van der Waals surface area contributed by atoms with Gasteiger partial charge in [0.15, 0.2) is 0 Å². The molecule has 0 aliphatic carbocycles. The number of aliphatic hydroxyl groups is 2. The van der Waals surface area contributed by atoms with Crippen molar-refractivity contribution in [3.05, 3.63) is 12.2 Å². The van der Waals surface area contributed by atoms with E-state index in [2.05, 4.69) is 24.4 Å². The smallest absolute Gasteiger partial charge is 0.0555 e. The Morgan fingerprint density at radius 2 is 1.08 bits per heavy atom. The number of rotatable bonds is 19. The summed E-state index contributed by atoms with van der Waals surface area (Å²) in [6, 6.07) is 0. The van der Waals surface area contributed by atoms with E-state index >= 15 is 0 Å². The summed E-state index contributed by atoms with van der Waals surface area (Å²) in [6.07, 6.45) is 23.9. The molecule has 0 amide bonds. The van der Waals surface area contributed by atoms with Crippen molar-refractivity contribution < 1.29 is 10.2 Å². The predicted molar refractivity (Wildman–Crippen MR) is 116 cm³/mol. The fraction of sp³-hybridized carbons (Fsp3) is 0.909. The Hall–Kier alpha value is -0.420. The number of aliphatic hydroxyl groups excluding tert-OH is 2. The minimum absolute atomic E-state index is 0.139. The van der Waals surface area contributed by atoms with Gasteiger partial charge in [-0.15, -0.1) is 0 Å². The molecule has 0 aromatic heterocycles. The van der Waals surface area contributed by atoms with E-state index in [1.807, 2.05) is 0 Å². The van der Waals surface area contributed by atoms with E-state index in [4.69, 9.17) is 15.9 Å². The maximum atomic E-state index is 8.15. The fourth-order valence-corrected chi connectivity index (χ4v) is 2.67. The molecular weight excluding hydrogens is 324 g/mol.